The fourth-order valence-corrected chi connectivity index (χ4v) is 10.2. The van der Waals surface area contributed by atoms with Crippen molar-refractivity contribution in [1.29, 1.82) is 0 Å². The van der Waals surface area contributed by atoms with Crippen molar-refractivity contribution in [1.82, 2.24) is 0 Å². The molecule has 0 heterocycles. The van der Waals surface area contributed by atoms with Crippen LogP contribution in [0.1, 0.15) is 380 Å². The van der Waals surface area contributed by atoms with Crippen molar-refractivity contribution >= 4 is 17.9 Å². The molecular weight excluding hydrogens is 877 g/mol. The van der Waals surface area contributed by atoms with Gasteiger partial charge in [0.15, 0.2) is 6.10 Å². The molecule has 1 unspecified atom stereocenters. The minimum atomic E-state index is -0.760. The summed E-state index contributed by atoms with van der Waals surface area (Å²) >= 11 is 0. The lowest BCUT2D eigenvalue weighted by atomic mass is 10.0. The smallest absolute Gasteiger partial charge is 0.306 e. The van der Waals surface area contributed by atoms with E-state index >= 15 is 0 Å². The summed E-state index contributed by atoms with van der Waals surface area (Å²) in [5.41, 5.74) is 0. The molecule has 0 rings (SSSR count). The van der Waals surface area contributed by atoms with E-state index in [1.54, 1.807) is 0 Å². The van der Waals surface area contributed by atoms with E-state index in [1.165, 1.54) is 283 Å². The molecule has 0 aliphatic heterocycles. The van der Waals surface area contributed by atoms with Crippen LogP contribution in [0.5, 0.6) is 0 Å². The first-order valence-electron chi connectivity index (χ1n) is 32.5. The summed E-state index contributed by atoms with van der Waals surface area (Å²) in [6.07, 6.45) is 70.1. The quantitative estimate of drug-likeness (QED) is 0.0343. The third-order valence-electron chi connectivity index (χ3n) is 15.1. The molecule has 0 radical (unpaired) electrons. The van der Waals surface area contributed by atoms with Crippen LogP contribution in [0.15, 0.2) is 0 Å². The Hall–Kier alpha value is -1.59. The van der Waals surface area contributed by atoms with Crippen molar-refractivity contribution in [2.45, 2.75) is 386 Å². The van der Waals surface area contributed by atoms with Crippen molar-refractivity contribution in [2.75, 3.05) is 13.2 Å². The van der Waals surface area contributed by atoms with Crippen LogP contribution in [0, 0.1) is 0 Å². The van der Waals surface area contributed by atoms with Gasteiger partial charge in [-0.1, -0.05) is 342 Å². The number of rotatable bonds is 61. The predicted molar refractivity (Wildman–Crippen MR) is 307 cm³/mol. The van der Waals surface area contributed by atoms with Crippen molar-refractivity contribution in [2.24, 2.45) is 0 Å². The fourth-order valence-electron chi connectivity index (χ4n) is 10.2. The zero-order valence-electron chi connectivity index (χ0n) is 48.5. The summed E-state index contributed by atoms with van der Waals surface area (Å²) in [6, 6.07) is 0. The van der Waals surface area contributed by atoms with E-state index in [1.807, 2.05) is 0 Å². The van der Waals surface area contributed by atoms with Crippen LogP contribution < -0.4 is 0 Å². The second kappa shape index (κ2) is 61.0. The minimum absolute atomic E-state index is 0.0615. The molecule has 6 heteroatoms. The Bertz CT molecular complexity index is 1060. The molecule has 6 nitrogen and oxygen atoms in total. The van der Waals surface area contributed by atoms with Crippen LogP contribution >= 0.6 is 0 Å². The monoisotopic (exact) mass is 1000 g/mol. The maximum absolute atomic E-state index is 12.8. The third-order valence-corrected chi connectivity index (χ3v) is 15.1. The molecule has 422 valence electrons. The fraction of sp³-hybridized carbons (Fsp3) is 0.954. The highest BCUT2D eigenvalue weighted by Crippen LogP contribution is 2.19. The minimum Gasteiger partial charge on any atom is -0.462 e. The molecule has 0 N–H and O–H groups in total. The lowest BCUT2D eigenvalue weighted by molar-refractivity contribution is -0.167. The number of esters is 3. The molecule has 0 bridgehead atoms. The molecule has 0 saturated carbocycles. The van der Waals surface area contributed by atoms with Gasteiger partial charge in [-0.2, -0.15) is 0 Å². The molecule has 0 saturated heterocycles. The highest BCUT2D eigenvalue weighted by atomic mass is 16.6. The first-order valence-corrected chi connectivity index (χ1v) is 32.5. The van der Waals surface area contributed by atoms with E-state index in [4.69, 9.17) is 14.2 Å². The Morgan fingerprint density at radius 2 is 0.380 bits per heavy atom. The molecule has 0 amide bonds. The SMILES string of the molecule is CCCCCCCCCCCCCCCCCCCCCCCCCCCCCCCCCCC(=O)OCC(COC(=O)CCCCCCCCCCCC)OC(=O)CCCCCCCCCCCCC. The van der Waals surface area contributed by atoms with Crippen molar-refractivity contribution in [3.05, 3.63) is 0 Å². The predicted octanol–water partition coefficient (Wildman–Crippen LogP) is 21.9. The molecule has 0 aromatic carbocycles. The van der Waals surface area contributed by atoms with Gasteiger partial charge in [0.1, 0.15) is 13.2 Å². The van der Waals surface area contributed by atoms with Gasteiger partial charge >= 0.3 is 17.9 Å². The molecular formula is C65H126O6. The summed E-state index contributed by atoms with van der Waals surface area (Å²) < 4.78 is 16.9. The average molecular weight is 1000 g/mol. The van der Waals surface area contributed by atoms with Gasteiger partial charge in [-0.25, -0.2) is 0 Å². The normalized spacial score (nSPS) is 11.9. The van der Waals surface area contributed by atoms with Gasteiger partial charge in [0.25, 0.3) is 0 Å². The van der Waals surface area contributed by atoms with E-state index < -0.39 is 6.10 Å². The number of carbonyl (C=O) groups is 3. The summed E-state index contributed by atoms with van der Waals surface area (Å²) in [4.78, 5) is 38.0. The summed E-state index contributed by atoms with van der Waals surface area (Å²) in [7, 11) is 0. The van der Waals surface area contributed by atoms with E-state index in [9.17, 15) is 14.4 Å². The van der Waals surface area contributed by atoms with Crippen LogP contribution in [0.2, 0.25) is 0 Å². The number of hydrogen-bond acceptors (Lipinski definition) is 6. The van der Waals surface area contributed by atoms with Gasteiger partial charge < -0.3 is 14.2 Å². The maximum Gasteiger partial charge on any atom is 0.306 e. The van der Waals surface area contributed by atoms with Gasteiger partial charge in [0.05, 0.1) is 0 Å². The number of hydrogen-bond donors (Lipinski definition) is 0. The molecule has 0 spiro atoms. The van der Waals surface area contributed by atoms with E-state index in [0.717, 1.165) is 57.8 Å². The summed E-state index contributed by atoms with van der Waals surface area (Å²) in [5, 5.41) is 0. The van der Waals surface area contributed by atoms with Gasteiger partial charge in [-0.15, -0.1) is 0 Å². The topological polar surface area (TPSA) is 78.9 Å². The first kappa shape index (κ1) is 69.4. The first-order chi connectivity index (χ1) is 35.0. The maximum atomic E-state index is 12.8. The Balaban J connectivity index is 3.93. The lowest BCUT2D eigenvalue weighted by Crippen LogP contribution is -2.30. The summed E-state index contributed by atoms with van der Waals surface area (Å²) in [6.45, 7) is 6.69. The van der Waals surface area contributed by atoms with E-state index in [2.05, 4.69) is 20.8 Å². The average Bonchev–Trinajstić information content (AvgIpc) is 3.37. The van der Waals surface area contributed by atoms with Gasteiger partial charge in [0.2, 0.25) is 0 Å². The van der Waals surface area contributed by atoms with Crippen LogP contribution in [-0.4, -0.2) is 37.2 Å². The Labute approximate surface area is 444 Å². The van der Waals surface area contributed by atoms with Crippen LogP contribution in [-0.2, 0) is 28.6 Å². The highest BCUT2D eigenvalue weighted by Gasteiger charge is 2.19. The van der Waals surface area contributed by atoms with Gasteiger partial charge in [-0.05, 0) is 19.3 Å². The Morgan fingerprint density at radius 3 is 0.563 bits per heavy atom. The molecule has 0 fully saturated rings. The van der Waals surface area contributed by atoms with Crippen LogP contribution in [0.3, 0.4) is 0 Å². The van der Waals surface area contributed by atoms with Crippen molar-refractivity contribution in [3.63, 3.8) is 0 Å². The lowest BCUT2D eigenvalue weighted by Gasteiger charge is -2.18. The number of carbonyl (C=O) groups excluding carboxylic acids is 3. The molecule has 0 aliphatic carbocycles. The van der Waals surface area contributed by atoms with E-state index in [0.29, 0.717) is 19.3 Å². The standard InChI is InChI=1S/C65H126O6/c1-4-7-10-13-16-19-22-23-24-25-26-27-28-29-30-31-32-33-34-35-36-37-38-39-40-41-42-44-46-49-52-55-58-64(67)70-61-62(60-69-63(66)57-54-51-48-45-21-18-15-12-9-6-3)71-65(68)59-56-53-50-47-43-20-17-14-11-8-5-2/h62H,4-61H2,1-3H3. The number of unbranched alkanes of at least 4 members (excludes halogenated alkanes) is 50. The van der Waals surface area contributed by atoms with Gasteiger partial charge in [-0.3, -0.25) is 14.4 Å². The number of ether oxygens (including phenoxy) is 3. The molecule has 71 heavy (non-hydrogen) atoms. The van der Waals surface area contributed by atoms with Crippen LogP contribution in [0.4, 0.5) is 0 Å². The third kappa shape index (κ3) is 59.2. The second-order valence-corrected chi connectivity index (χ2v) is 22.4. The van der Waals surface area contributed by atoms with Crippen molar-refractivity contribution in [3.8, 4) is 0 Å². The van der Waals surface area contributed by atoms with E-state index in [-0.39, 0.29) is 31.1 Å². The zero-order valence-corrected chi connectivity index (χ0v) is 48.5. The largest absolute Gasteiger partial charge is 0.462 e. The molecule has 0 aliphatic rings. The second-order valence-electron chi connectivity index (χ2n) is 22.4. The molecule has 0 aromatic heterocycles. The highest BCUT2D eigenvalue weighted by molar-refractivity contribution is 5.71. The molecule has 0 aromatic rings. The Kier molecular flexibility index (Phi) is 59.6. The summed E-state index contributed by atoms with van der Waals surface area (Å²) in [5.74, 6) is -0.837. The van der Waals surface area contributed by atoms with Crippen molar-refractivity contribution < 1.29 is 28.6 Å². The van der Waals surface area contributed by atoms with Gasteiger partial charge in [0, 0.05) is 19.3 Å². The molecule has 1 atom stereocenters. The Morgan fingerprint density at radius 1 is 0.225 bits per heavy atom. The van der Waals surface area contributed by atoms with Crippen LogP contribution in [0.25, 0.3) is 0 Å². The zero-order chi connectivity index (χ0) is 51.4.